The Labute approximate surface area is 249 Å². The van der Waals surface area contributed by atoms with E-state index in [2.05, 4.69) is 46.7 Å². The zero-order valence-corrected chi connectivity index (χ0v) is 25.1. The van der Waals surface area contributed by atoms with Crippen molar-refractivity contribution in [3.8, 4) is 16.8 Å². The van der Waals surface area contributed by atoms with Crippen LogP contribution in [-0.2, 0) is 11.0 Å². The third-order valence-electron chi connectivity index (χ3n) is 7.11. The number of nitrogens with zero attached hydrogens (tertiary/aromatic N) is 5. The van der Waals surface area contributed by atoms with E-state index in [1.807, 2.05) is 36.4 Å². The molecule has 3 heterocycles. The van der Waals surface area contributed by atoms with Gasteiger partial charge in [0, 0.05) is 41.4 Å². The summed E-state index contributed by atoms with van der Waals surface area (Å²) in [4.78, 5) is 35.9. The van der Waals surface area contributed by atoms with Gasteiger partial charge in [-0.25, -0.2) is 14.5 Å². The number of para-hydroxylation sites is 1. The monoisotopic (exact) mass is 580 g/mol. The average molecular weight is 581 g/mol. The molecule has 0 saturated carbocycles. The molecule has 2 aromatic carbocycles. The fourth-order valence-corrected chi connectivity index (χ4v) is 4.70. The number of aromatic nitrogens is 5. The van der Waals surface area contributed by atoms with E-state index in [1.54, 1.807) is 62.1 Å². The Bertz CT molecular complexity index is 1850. The molecule has 11 heteroatoms. The lowest BCUT2D eigenvalue weighted by Crippen LogP contribution is -2.40. The Morgan fingerprint density at radius 1 is 0.953 bits per heavy atom. The highest BCUT2D eigenvalue weighted by molar-refractivity contribution is 6.00. The van der Waals surface area contributed by atoms with Gasteiger partial charge >= 0.3 is 6.03 Å². The molecule has 3 aromatic heterocycles. The van der Waals surface area contributed by atoms with Crippen LogP contribution in [0.15, 0.2) is 77.7 Å². The lowest BCUT2D eigenvalue weighted by Gasteiger charge is -2.27. The molecule has 0 unspecified atom stereocenters. The molecular formula is C32H36N8O3. The SMILES string of the molecule is CNc1ncc2cc(-c3cccc(NC(=O)Nc4cc(C(C)(C)C)nn4-c4ccccc4)c3)c(=O)n(C(C)(C)CO)c2n1. The summed E-state index contributed by atoms with van der Waals surface area (Å²) in [7, 11) is 1.70. The first-order chi connectivity index (χ1) is 20.4. The first-order valence-electron chi connectivity index (χ1n) is 14.0. The molecule has 0 aliphatic rings. The minimum atomic E-state index is -0.936. The van der Waals surface area contributed by atoms with Crippen molar-refractivity contribution in [1.82, 2.24) is 24.3 Å². The van der Waals surface area contributed by atoms with Crippen LogP contribution in [-0.4, -0.2) is 49.1 Å². The predicted octanol–water partition coefficient (Wildman–Crippen LogP) is 5.35. The zero-order chi connectivity index (χ0) is 30.9. The van der Waals surface area contributed by atoms with Crippen molar-refractivity contribution < 1.29 is 9.90 Å². The van der Waals surface area contributed by atoms with Gasteiger partial charge in [-0.15, -0.1) is 0 Å². The summed E-state index contributed by atoms with van der Waals surface area (Å²) < 4.78 is 3.20. The Morgan fingerprint density at radius 2 is 1.70 bits per heavy atom. The van der Waals surface area contributed by atoms with Crippen molar-refractivity contribution >= 4 is 34.5 Å². The number of urea groups is 1. The molecule has 0 fully saturated rings. The van der Waals surface area contributed by atoms with Crippen LogP contribution >= 0.6 is 0 Å². The van der Waals surface area contributed by atoms with Crippen LogP contribution in [0, 0.1) is 0 Å². The van der Waals surface area contributed by atoms with Gasteiger partial charge in [0.1, 0.15) is 11.5 Å². The lowest BCUT2D eigenvalue weighted by molar-refractivity contribution is 0.164. The minimum absolute atomic E-state index is 0.224. The summed E-state index contributed by atoms with van der Waals surface area (Å²) in [5.41, 5.74) is 2.04. The first-order valence-corrected chi connectivity index (χ1v) is 14.0. The fourth-order valence-electron chi connectivity index (χ4n) is 4.70. The Hall–Kier alpha value is -5.03. The lowest BCUT2D eigenvalue weighted by atomic mass is 9.92. The van der Waals surface area contributed by atoms with Gasteiger partial charge < -0.3 is 15.7 Å². The summed E-state index contributed by atoms with van der Waals surface area (Å²) in [6, 6.07) is 19.8. The van der Waals surface area contributed by atoms with Gasteiger partial charge in [-0.2, -0.15) is 10.1 Å². The van der Waals surface area contributed by atoms with Gasteiger partial charge in [0.05, 0.1) is 23.5 Å². The number of rotatable bonds is 7. The van der Waals surface area contributed by atoms with E-state index in [0.717, 1.165) is 11.4 Å². The van der Waals surface area contributed by atoms with E-state index in [1.165, 1.54) is 4.57 Å². The Morgan fingerprint density at radius 3 is 2.37 bits per heavy atom. The molecular weight excluding hydrogens is 544 g/mol. The third kappa shape index (κ3) is 5.98. The normalized spacial score (nSPS) is 11.9. The maximum atomic E-state index is 13.9. The second kappa shape index (κ2) is 11.3. The molecule has 0 radical (unpaired) electrons. The molecule has 4 N–H and O–H groups in total. The van der Waals surface area contributed by atoms with E-state index in [0.29, 0.717) is 39.6 Å². The summed E-state index contributed by atoms with van der Waals surface area (Å²) in [6.07, 6.45) is 1.64. The predicted molar refractivity (Wildman–Crippen MR) is 170 cm³/mol. The number of carbonyl (C=O) groups excluding carboxylic acids is 1. The number of nitrogens with one attached hydrogen (secondary N) is 3. The zero-order valence-electron chi connectivity index (χ0n) is 25.1. The van der Waals surface area contributed by atoms with E-state index in [-0.39, 0.29) is 17.6 Å². The standard InChI is InChI=1S/C32H36N8O3/c1-31(2,3)25-17-26(40(38-25)23-13-8-7-9-14-23)36-30(43)35-22-12-10-11-20(15-22)24-16-21-18-34-29(33-6)37-27(21)39(28(24)42)32(4,5)19-41/h7-18,41H,19H2,1-6H3,(H,33,34,37)(H2,35,36,43). The van der Waals surface area contributed by atoms with Crippen molar-refractivity contribution in [3.63, 3.8) is 0 Å². The van der Waals surface area contributed by atoms with Crippen molar-refractivity contribution in [1.29, 1.82) is 0 Å². The number of anilines is 3. The van der Waals surface area contributed by atoms with Crippen LogP contribution in [0.1, 0.15) is 40.3 Å². The van der Waals surface area contributed by atoms with Crippen LogP contribution < -0.4 is 21.5 Å². The highest BCUT2D eigenvalue weighted by Crippen LogP contribution is 2.28. The van der Waals surface area contributed by atoms with Crippen molar-refractivity contribution in [3.05, 3.63) is 89.0 Å². The highest BCUT2D eigenvalue weighted by Gasteiger charge is 2.26. The quantitative estimate of drug-likeness (QED) is 0.203. The summed E-state index contributed by atoms with van der Waals surface area (Å²) in [6.45, 7) is 9.46. The molecule has 5 rings (SSSR count). The number of benzene rings is 2. The fraction of sp³-hybridized carbons (Fsp3) is 0.281. The first kappa shape index (κ1) is 29.5. The third-order valence-corrected chi connectivity index (χ3v) is 7.11. The molecule has 0 spiro atoms. The van der Waals surface area contributed by atoms with E-state index in [4.69, 9.17) is 5.10 Å². The number of aliphatic hydroxyl groups excluding tert-OH is 1. The number of carbonyl (C=O) groups is 1. The summed E-state index contributed by atoms with van der Waals surface area (Å²) in [5, 5.41) is 24.2. The van der Waals surface area contributed by atoms with Crippen LogP contribution in [0.25, 0.3) is 27.8 Å². The van der Waals surface area contributed by atoms with Crippen molar-refractivity contribution in [2.45, 2.75) is 45.6 Å². The second-order valence-electron chi connectivity index (χ2n) is 12.0. The van der Waals surface area contributed by atoms with Gasteiger partial charge in [0.25, 0.3) is 5.56 Å². The molecule has 11 nitrogen and oxygen atoms in total. The summed E-state index contributed by atoms with van der Waals surface area (Å²) in [5.74, 6) is 0.886. The molecule has 2 amide bonds. The largest absolute Gasteiger partial charge is 0.394 e. The van der Waals surface area contributed by atoms with E-state index in [9.17, 15) is 14.7 Å². The highest BCUT2D eigenvalue weighted by atomic mass is 16.3. The molecule has 0 atom stereocenters. The molecule has 0 saturated heterocycles. The smallest absolute Gasteiger partial charge is 0.324 e. The van der Waals surface area contributed by atoms with Crippen LogP contribution in [0.2, 0.25) is 0 Å². The number of aliphatic hydroxyl groups is 1. The van der Waals surface area contributed by atoms with Gasteiger partial charge in [-0.3, -0.25) is 14.7 Å². The molecule has 0 aliphatic carbocycles. The molecule has 5 aromatic rings. The van der Waals surface area contributed by atoms with Crippen molar-refractivity contribution in [2.75, 3.05) is 29.6 Å². The van der Waals surface area contributed by atoms with Gasteiger partial charge in [-0.1, -0.05) is 51.1 Å². The Balaban J connectivity index is 1.49. The molecule has 0 aliphatic heterocycles. The number of hydrogen-bond acceptors (Lipinski definition) is 7. The van der Waals surface area contributed by atoms with Gasteiger partial charge in [0.2, 0.25) is 5.95 Å². The molecule has 222 valence electrons. The maximum absolute atomic E-state index is 13.9. The second-order valence-corrected chi connectivity index (χ2v) is 12.0. The van der Waals surface area contributed by atoms with Crippen LogP contribution in [0.3, 0.4) is 0 Å². The number of fused-ring (bicyclic) bond motifs is 1. The molecule has 0 bridgehead atoms. The maximum Gasteiger partial charge on any atom is 0.324 e. The Kier molecular flexibility index (Phi) is 7.76. The van der Waals surface area contributed by atoms with Crippen LogP contribution in [0.4, 0.5) is 22.2 Å². The van der Waals surface area contributed by atoms with Gasteiger partial charge in [-0.05, 0) is 49.7 Å². The van der Waals surface area contributed by atoms with E-state index >= 15 is 0 Å². The number of pyridine rings is 1. The molecule has 43 heavy (non-hydrogen) atoms. The summed E-state index contributed by atoms with van der Waals surface area (Å²) >= 11 is 0. The van der Waals surface area contributed by atoms with Crippen molar-refractivity contribution in [2.24, 2.45) is 0 Å². The topological polar surface area (TPSA) is 139 Å². The average Bonchev–Trinajstić information content (AvgIpc) is 3.41. The minimum Gasteiger partial charge on any atom is -0.394 e. The van der Waals surface area contributed by atoms with Gasteiger partial charge in [0.15, 0.2) is 0 Å². The van der Waals surface area contributed by atoms with Crippen LogP contribution in [0.5, 0.6) is 0 Å². The number of amides is 2. The number of hydrogen-bond donors (Lipinski definition) is 4. The van der Waals surface area contributed by atoms with E-state index < -0.39 is 11.6 Å².